The lowest BCUT2D eigenvalue weighted by Gasteiger charge is -2.19. The third-order valence-corrected chi connectivity index (χ3v) is 2.29. The molecule has 4 heteroatoms. The first-order valence-corrected chi connectivity index (χ1v) is 5.21. The first-order valence-electron chi connectivity index (χ1n) is 5.21. The molecule has 1 aromatic heterocycles. The highest BCUT2D eigenvalue weighted by molar-refractivity contribution is 5.74. The SMILES string of the molecule is CCC(NC(C)CC(N)=O)c1ccco1. The van der Waals surface area contributed by atoms with Gasteiger partial charge >= 0.3 is 0 Å². The van der Waals surface area contributed by atoms with Gasteiger partial charge in [0.05, 0.1) is 12.3 Å². The van der Waals surface area contributed by atoms with E-state index in [1.54, 1.807) is 6.26 Å². The van der Waals surface area contributed by atoms with E-state index in [4.69, 9.17) is 10.2 Å². The summed E-state index contributed by atoms with van der Waals surface area (Å²) in [5.74, 6) is 0.609. The van der Waals surface area contributed by atoms with E-state index in [1.165, 1.54) is 0 Å². The molecule has 1 aromatic rings. The van der Waals surface area contributed by atoms with Gasteiger partial charge in [0.1, 0.15) is 5.76 Å². The van der Waals surface area contributed by atoms with Crippen molar-refractivity contribution in [2.45, 2.75) is 38.8 Å². The highest BCUT2D eigenvalue weighted by Gasteiger charge is 2.15. The van der Waals surface area contributed by atoms with Crippen molar-refractivity contribution in [1.29, 1.82) is 0 Å². The first kappa shape index (κ1) is 11.8. The number of nitrogens with one attached hydrogen (secondary N) is 1. The number of amides is 1. The zero-order chi connectivity index (χ0) is 11.3. The Kier molecular flexibility index (Phi) is 4.37. The number of carbonyl (C=O) groups is 1. The number of furan rings is 1. The van der Waals surface area contributed by atoms with Crippen LogP contribution in [-0.2, 0) is 4.79 Å². The molecule has 15 heavy (non-hydrogen) atoms. The zero-order valence-electron chi connectivity index (χ0n) is 9.19. The first-order chi connectivity index (χ1) is 7.13. The molecule has 4 nitrogen and oxygen atoms in total. The Morgan fingerprint density at radius 2 is 2.40 bits per heavy atom. The van der Waals surface area contributed by atoms with Crippen molar-refractivity contribution in [2.75, 3.05) is 0 Å². The lowest BCUT2D eigenvalue weighted by molar-refractivity contribution is -0.118. The number of primary amides is 1. The fourth-order valence-electron chi connectivity index (χ4n) is 1.59. The van der Waals surface area contributed by atoms with Gasteiger partial charge in [0, 0.05) is 12.5 Å². The maximum absolute atomic E-state index is 10.7. The molecule has 0 saturated heterocycles. The van der Waals surface area contributed by atoms with Crippen LogP contribution in [0.15, 0.2) is 22.8 Å². The number of rotatable bonds is 6. The second kappa shape index (κ2) is 5.56. The molecule has 0 bridgehead atoms. The Morgan fingerprint density at radius 3 is 2.87 bits per heavy atom. The molecule has 1 heterocycles. The quantitative estimate of drug-likeness (QED) is 0.749. The molecule has 1 rings (SSSR count). The van der Waals surface area contributed by atoms with Gasteiger partial charge in [-0.2, -0.15) is 0 Å². The van der Waals surface area contributed by atoms with E-state index >= 15 is 0 Å². The van der Waals surface area contributed by atoms with Crippen LogP contribution < -0.4 is 11.1 Å². The second-order valence-corrected chi connectivity index (χ2v) is 3.71. The van der Waals surface area contributed by atoms with Crippen LogP contribution in [0.5, 0.6) is 0 Å². The summed E-state index contributed by atoms with van der Waals surface area (Å²) in [5.41, 5.74) is 5.13. The lowest BCUT2D eigenvalue weighted by atomic mass is 10.1. The maximum Gasteiger partial charge on any atom is 0.218 e. The molecule has 0 aliphatic rings. The Labute approximate surface area is 89.8 Å². The summed E-state index contributed by atoms with van der Waals surface area (Å²) in [6, 6.07) is 4.00. The minimum Gasteiger partial charge on any atom is -0.468 e. The van der Waals surface area contributed by atoms with Crippen LogP contribution >= 0.6 is 0 Å². The Morgan fingerprint density at radius 1 is 1.67 bits per heavy atom. The molecule has 0 aromatic carbocycles. The van der Waals surface area contributed by atoms with Gasteiger partial charge in [0.2, 0.25) is 5.91 Å². The van der Waals surface area contributed by atoms with Gasteiger partial charge in [-0.1, -0.05) is 6.92 Å². The van der Waals surface area contributed by atoms with E-state index in [-0.39, 0.29) is 18.0 Å². The average molecular weight is 210 g/mol. The molecule has 0 aliphatic heterocycles. The topological polar surface area (TPSA) is 68.3 Å². The summed E-state index contributed by atoms with van der Waals surface area (Å²) < 4.78 is 5.31. The van der Waals surface area contributed by atoms with Crippen molar-refractivity contribution in [3.8, 4) is 0 Å². The largest absolute Gasteiger partial charge is 0.468 e. The van der Waals surface area contributed by atoms with E-state index in [9.17, 15) is 4.79 Å². The highest BCUT2D eigenvalue weighted by atomic mass is 16.3. The van der Waals surface area contributed by atoms with E-state index < -0.39 is 0 Å². The number of hydrogen-bond acceptors (Lipinski definition) is 3. The van der Waals surface area contributed by atoms with Crippen LogP contribution in [0.25, 0.3) is 0 Å². The molecular weight excluding hydrogens is 192 g/mol. The summed E-state index contributed by atoms with van der Waals surface area (Å²) in [6.45, 7) is 4.01. The van der Waals surface area contributed by atoms with Gasteiger partial charge in [0.25, 0.3) is 0 Å². The van der Waals surface area contributed by atoms with Crippen LogP contribution in [0.3, 0.4) is 0 Å². The second-order valence-electron chi connectivity index (χ2n) is 3.71. The molecule has 84 valence electrons. The van der Waals surface area contributed by atoms with Gasteiger partial charge in [-0.25, -0.2) is 0 Å². The molecule has 2 unspecified atom stereocenters. The molecule has 0 spiro atoms. The smallest absolute Gasteiger partial charge is 0.218 e. The summed E-state index contributed by atoms with van der Waals surface area (Å²) >= 11 is 0. The molecule has 0 fully saturated rings. The predicted molar refractivity (Wildman–Crippen MR) is 58.1 cm³/mol. The minimum absolute atomic E-state index is 0.0672. The Hall–Kier alpha value is -1.29. The van der Waals surface area contributed by atoms with E-state index in [2.05, 4.69) is 12.2 Å². The van der Waals surface area contributed by atoms with E-state index in [1.807, 2.05) is 19.1 Å². The number of carbonyl (C=O) groups excluding carboxylic acids is 1. The molecule has 2 atom stereocenters. The molecule has 0 radical (unpaired) electrons. The Balaban J connectivity index is 2.50. The molecule has 0 aliphatic carbocycles. The predicted octanol–water partition coefficient (Wildman–Crippen LogP) is 1.58. The fourth-order valence-corrected chi connectivity index (χ4v) is 1.59. The van der Waals surface area contributed by atoms with Crippen LogP contribution in [0.4, 0.5) is 0 Å². The van der Waals surface area contributed by atoms with Gasteiger partial charge in [-0.05, 0) is 25.5 Å². The molecule has 0 saturated carbocycles. The maximum atomic E-state index is 10.7. The van der Waals surface area contributed by atoms with E-state index in [0.29, 0.717) is 6.42 Å². The minimum atomic E-state index is -0.288. The lowest BCUT2D eigenvalue weighted by Crippen LogP contribution is -2.33. The van der Waals surface area contributed by atoms with Gasteiger partial charge < -0.3 is 15.5 Å². The van der Waals surface area contributed by atoms with Crippen molar-refractivity contribution in [1.82, 2.24) is 5.32 Å². The van der Waals surface area contributed by atoms with Crippen molar-refractivity contribution >= 4 is 5.91 Å². The van der Waals surface area contributed by atoms with Crippen molar-refractivity contribution in [3.05, 3.63) is 24.2 Å². The number of nitrogens with two attached hydrogens (primary N) is 1. The van der Waals surface area contributed by atoms with E-state index in [0.717, 1.165) is 12.2 Å². The average Bonchev–Trinajstić information content (AvgIpc) is 2.65. The summed E-state index contributed by atoms with van der Waals surface area (Å²) in [5, 5.41) is 3.31. The van der Waals surface area contributed by atoms with Gasteiger partial charge in [-0.3, -0.25) is 4.79 Å². The van der Waals surface area contributed by atoms with Crippen molar-refractivity contribution in [2.24, 2.45) is 5.73 Å². The van der Waals surface area contributed by atoms with Crippen LogP contribution in [0.1, 0.15) is 38.5 Å². The monoisotopic (exact) mass is 210 g/mol. The highest BCUT2D eigenvalue weighted by Crippen LogP contribution is 2.17. The summed E-state index contributed by atoms with van der Waals surface area (Å²) in [7, 11) is 0. The third-order valence-electron chi connectivity index (χ3n) is 2.29. The summed E-state index contributed by atoms with van der Waals surface area (Å²) in [6.07, 6.45) is 2.91. The van der Waals surface area contributed by atoms with Gasteiger partial charge in [-0.15, -0.1) is 0 Å². The van der Waals surface area contributed by atoms with Crippen LogP contribution in [-0.4, -0.2) is 11.9 Å². The normalized spacial score (nSPS) is 14.8. The number of hydrogen-bond donors (Lipinski definition) is 2. The molecule has 3 N–H and O–H groups in total. The summed E-state index contributed by atoms with van der Waals surface area (Å²) in [4.78, 5) is 10.7. The third kappa shape index (κ3) is 3.75. The standard InChI is InChI=1S/C11H18N2O2/c1-3-9(10-5-4-6-15-10)13-8(2)7-11(12)14/h4-6,8-9,13H,3,7H2,1-2H3,(H2,12,14). The van der Waals surface area contributed by atoms with Gasteiger partial charge in [0.15, 0.2) is 0 Å². The van der Waals surface area contributed by atoms with Crippen LogP contribution in [0.2, 0.25) is 0 Å². The fraction of sp³-hybridized carbons (Fsp3) is 0.545. The molecule has 1 amide bonds. The van der Waals surface area contributed by atoms with Crippen LogP contribution in [0, 0.1) is 0 Å². The zero-order valence-corrected chi connectivity index (χ0v) is 9.19. The van der Waals surface area contributed by atoms with Crippen molar-refractivity contribution in [3.63, 3.8) is 0 Å². The Bertz CT molecular complexity index is 296. The van der Waals surface area contributed by atoms with Crippen molar-refractivity contribution < 1.29 is 9.21 Å². The molecular formula is C11H18N2O2.